The average molecular weight is 255 g/mol. The van der Waals surface area contributed by atoms with Gasteiger partial charge in [-0.3, -0.25) is 4.79 Å². The smallest absolute Gasteiger partial charge is 0.236 e. The van der Waals surface area contributed by atoms with Crippen LogP contribution < -0.4 is 11.1 Å². The summed E-state index contributed by atoms with van der Waals surface area (Å²) in [5.41, 5.74) is 5.82. The van der Waals surface area contributed by atoms with Crippen molar-refractivity contribution in [1.82, 2.24) is 10.2 Å². The molecular weight excluding hydrogens is 226 g/mol. The zero-order valence-electron chi connectivity index (χ0n) is 12.0. The summed E-state index contributed by atoms with van der Waals surface area (Å²) in [5.74, 6) is 0.796. The van der Waals surface area contributed by atoms with Crippen LogP contribution in [0.15, 0.2) is 0 Å². The largest absolute Gasteiger partial charge is 0.355 e. The van der Waals surface area contributed by atoms with Crippen molar-refractivity contribution in [2.24, 2.45) is 11.7 Å². The maximum atomic E-state index is 11.7. The van der Waals surface area contributed by atoms with Crippen molar-refractivity contribution >= 4 is 5.91 Å². The maximum Gasteiger partial charge on any atom is 0.236 e. The van der Waals surface area contributed by atoms with E-state index in [0.717, 1.165) is 38.1 Å². The molecule has 1 saturated heterocycles. The molecule has 0 aliphatic carbocycles. The highest BCUT2D eigenvalue weighted by molar-refractivity contribution is 5.81. The fraction of sp³-hybridized carbons (Fsp3) is 0.929. The molecule has 0 aromatic carbocycles. The molecule has 1 heterocycles. The molecule has 1 unspecified atom stereocenters. The van der Waals surface area contributed by atoms with Gasteiger partial charge < -0.3 is 16.0 Å². The molecule has 1 amide bonds. The van der Waals surface area contributed by atoms with E-state index in [1.54, 1.807) is 0 Å². The number of rotatable bonds is 7. The number of unbranched alkanes of at least 4 members (excludes halogenated alkanes) is 1. The SMILES string of the molecule is CCCCC(N)C(=O)NCCC1CCN(C)CC1. The minimum atomic E-state index is -0.317. The van der Waals surface area contributed by atoms with Crippen molar-refractivity contribution < 1.29 is 4.79 Å². The second-order valence-electron chi connectivity index (χ2n) is 5.58. The fourth-order valence-electron chi connectivity index (χ4n) is 2.44. The van der Waals surface area contributed by atoms with Crippen LogP contribution in [-0.2, 0) is 4.79 Å². The number of likely N-dealkylation sites (tertiary alicyclic amines) is 1. The third-order valence-corrected chi connectivity index (χ3v) is 3.90. The highest BCUT2D eigenvalue weighted by Gasteiger charge is 2.17. The Bertz CT molecular complexity index is 237. The van der Waals surface area contributed by atoms with Gasteiger partial charge in [0.2, 0.25) is 5.91 Å². The number of carbonyl (C=O) groups is 1. The van der Waals surface area contributed by atoms with Crippen molar-refractivity contribution in [3.8, 4) is 0 Å². The summed E-state index contributed by atoms with van der Waals surface area (Å²) in [5, 5.41) is 2.97. The molecule has 0 radical (unpaired) electrons. The number of hydrogen-bond acceptors (Lipinski definition) is 3. The highest BCUT2D eigenvalue weighted by Crippen LogP contribution is 2.18. The molecule has 18 heavy (non-hydrogen) atoms. The van der Waals surface area contributed by atoms with Gasteiger partial charge in [0.25, 0.3) is 0 Å². The van der Waals surface area contributed by atoms with Gasteiger partial charge in [-0.05, 0) is 51.7 Å². The monoisotopic (exact) mass is 255 g/mol. The maximum absolute atomic E-state index is 11.7. The molecule has 1 atom stereocenters. The number of carbonyl (C=O) groups excluding carboxylic acids is 1. The van der Waals surface area contributed by atoms with Gasteiger partial charge in [-0.15, -0.1) is 0 Å². The highest BCUT2D eigenvalue weighted by atomic mass is 16.2. The molecule has 1 rings (SSSR count). The summed E-state index contributed by atoms with van der Waals surface area (Å²) in [4.78, 5) is 14.1. The molecule has 0 aromatic rings. The zero-order chi connectivity index (χ0) is 13.4. The van der Waals surface area contributed by atoms with E-state index in [1.807, 2.05) is 0 Å². The van der Waals surface area contributed by atoms with E-state index in [-0.39, 0.29) is 11.9 Å². The fourth-order valence-corrected chi connectivity index (χ4v) is 2.44. The summed E-state index contributed by atoms with van der Waals surface area (Å²) >= 11 is 0. The Morgan fingerprint density at radius 2 is 2.11 bits per heavy atom. The van der Waals surface area contributed by atoms with Gasteiger partial charge in [0, 0.05) is 6.54 Å². The normalized spacial score (nSPS) is 19.7. The van der Waals surface area contributed by atoms with Crippen molar-refractivity contribution in [1.29, 1.82) is 0 Å². The van der Waals surface area contributed by atoms with E-state index >= 15 is 0 Å². The average Bonchev–Trinajstić information content (AvgIpc) is 2.38. The van der Waals surface area contributed by atoms with Crippen LogP contribution in [0.5, 0.6) is 0 Å². The summed E-state index contributed by atoms with van der Waals surface area (Å²) in [6.45, 7) is 5.28. The van der Waals surface area contributed by atoms with Crippen LogP contribution in [0, 0.1) is 5.92 Å². The summed E-state index contributed by atoms with van der Waals surface area (Å²) in [6.07, 6.45) is 6.54. The molecule has 0 saturated carbocycles. The number of amides is 1. The molecule has 4 nitrogen and oxygen atoms in total. The lowest BCUT2D eigenvalue weighted by Crippen LogP contribution is -2.41. The first-order valence-corrected chi connectivity index (χ1v) is 7.35. The Kier molecular flexibility index (Phi) is 7.28. The van der Waals surface area contributed by atoms with Crippen LogP contribution >= 0.6 is 0 Å². The van der Waals surface area contributed by atoms with Crippen molar-refractivity contribution in [3.05, 3.63) is 0 Å². The van der Waals surface area contributed by atoms with Gasteiger partial charge in [0.15, 0.2) is 0 Å². The first-order valence-electron chi connectivity index (χ1n) is 7.35. The zero-order valence-corrected chi connectivity index (χ0v) is 12.0. The minimum Gasteiger partial charge on any atom is -0.355 e. The number of hydrogen-bond donors (Lipinski definition) is 2. The van der Waals surface area contributed by atoms with E-state index in [9.17, 15) is 4.79 Å². The Balaban J connectivity index is 2.08. The summed E-state index contributed by atoms with van der Waals surface area (Å²) in [6, 6.07) is -0.317. The molecule has 1 aliphatic rings. The van der Waals surface area contributed by atoms with Gasteiger partial charge in [-0.2, -0.15) is 0 Å². The van der Waals surface area contributed by atoms with Crippen LogP contribution in [0.25, 0.3) is 0 Å². The van der Waals surface area contributed by atoms with E-state index in [2.05, 4.69) is 24.2 Å². The number of nitrogens with two attached hydrogens (primary N) is 1. The molecule has 1 aliphatic heterocycles. The van der Waals surface area contributed by atoms with Crippen LogP contribution in [0.3, 0.4) is 0 Å². The van der Waals surface area contributed by atoms with Gasteiger partial charge in [-0.25, -0.2) is 0 Å². The van der Waals surface area contributed by atoms with Gasteiger partial charge in [-0.1, -0.05) is 19.8 Å². The van der Waals surface area contributed by atoms with Crippen molar-refractivity contribution in [3.63, 3.8) is 0 Å². The molecule has 0 aromatic heterocycles. The second-order valence-corrected chi connectivity index (χ2v) is 5.58. The first-order chi connectivity index (χ1) is 8.63. The van der Waals surface area contributed by atoms with Crippen molar-refractivity contribution in [2.45, 2.75) is 51.5 Å². The molecule has 4 heteroatoms. The Hall–Kier alpha value is -0.610. The van der Waals surface area contributed by atoms with E-state index in [4.69, 9.17) is 5.73 Å². The summed E-state index contributed by atoms with van der Waals surface area (Å²) in [7, 11) is 2.17. The third-order valence-electron chi connectivity index (χ3n) is 3.90. The molecule has 106 valence electrons. The van der Waals surface area contributed by atoms with Crippen LogP contribution in [-0.4, -0.2) is 43.5 Å². The Labute approximate surface area is 111 Å². The van der Waals surface area contributed by atoms with Crippen LogP contribution in [0.2, 0.25) is 0 Å². The predicted octanol–water partition coefficient (Wildman–Crippen LogP) is 1.35. The number of nitrogens with zero attached hydrogens (tertiary/aromatic N) is 1. The second kappa shape index (κ2) is 8.48. The topological polar surface area (TPSA) is 58.4 Å². The van der Waals surface area contributed by atoms with Crippen molar-refractivity contribution in [2.75, 3.05) is 26.7 Å². The molecule has 0 spiro atoms. The van der Waals surface area contributed by atoms with Gasteiger partial charge in [0.1, 0.15) is 0 Å². The van der Waals surface area contributed by atoms with Gasteiger partial charge in [0.05, 0.1) is 6.04 Å². The van der Waals surface area contributed by atoms with E-state index in [1.165, 1.54) is 25.9 Å². The lowest BCUT2D eigenvalue weighted by Gasteiger charge is -2.29. The first kappa shape index (κ1) is 15.4. The van der Waals surface area contributed by atoms with Crippen LogP contribution in [0.4, 0.5) is 0 Å². The molecule has 1 fully saturated rings. The summed E-state index contributed by atoms with van der Waals surface area (Å²) < 4.78 is 0. The third kappa shape index (κ3) is 5.83. The molecule has 0 bridgehead atoms. The van der Waals surface area contributed by atoms with E-state index < -0.39 is 0 Å². The lowest BCUT2D eigenvalue weighted by molar-refractivity contribution is -0.122. The molecular formula is C14H29N3O. The van der Waals surface area contributed by atoms with Gasteiger partial charge >= 0.3 is 0 Å². The Morgan fingerprint density at radius 3 is 2.72 bits per heavy atom. The lowest BCUT2D eigenvalue weighted by atomic mass is 9.94. The Morgan fingerprint density at radius 1 is 1.44 bits per heavy atom. The standard InChI is InChI=1S/C14H29N3O/c1-3-4-5-13(15)14(18)16-9-6-12-7-10-17(2)11-8-12/h12-13H,3-11,15H2,1-2H3,(H,16,18). The number of piperidine rings is 1. The molecule has 3 N–H and O–H groups in total. The minimum absolute atomic E-state index is 0.0244. The van der Waals surface area contributed by atoms with E-state index in [0.29, 0.717) is 0 Å². The quantitative estimate of drug-likeness (QED) is 0.722. The van der Waals surface area contributed by atoms with Crippen LogP contribution in [0.1, 0.15) is 45.4 Å². The predicted molar refractivity (Wildman–Crippen MR) is 75.3 cm³/mol. The number of nitrogens with one attached hydrogen (secondary N) is 1.